The van der Waals surface area contributed by atoms with Gasteiger partial charge in [0.15, 0.2) is 0 Å². The van der Waals surface area contributed by atoms with Crippen LogP contribution in [0.3, 0.4) is 0 Å². The maximum absolute atomic E-state index is 11.8. The number of benzene rings is 1. The van der Waals surface area contributed by atoms with Gasteiger partial charge in [-0.25, -0.2) is 9.68 Å². The average Bonchev–Trinajstić information content (AvgIpc) is 2.40. The molecule has 0 saturated carbocycles. The molecule has 18 heavy (non-hydrogen) atoms. The quantitative estimate of drug-likeness (QED) is 0.238. The number of hydrogen-bond donors (Lipinski definition) is 0. The van der Waals surface area contributed by atoms with Crippen LogP contribution in [0.5, 0.6) is 0 Å². The smallest absolute Gasteiger partial charge is 0.339 e. The van der Waals surface area contributed by atoms with Gasteiger partial charge in [0.05, 0.1) is 36.2 Å². The second-order valence-corrected chi connectivity index (χ2v) is 4.11. The highest BCUT2D eigenvalue weighted by Crippen LogP contribution is 2.24. The van der Waals surface area contributed by atoms with Gasteiger partial charge >= 0.3 is 5.97 Å². The normalized spacial score (nSPS) is 10.3. The van der Waals surface area contributed by atoms with Crippen LogP contribution in [-0.4, -0.2) is 19.7 Å². The molecule has 0 fully saturated rings. The Morgan fingerprint density at radius 3 is 2.83 bits per heavy atom. The highest BCUT2D eigenvalue weighted by atomic mass is 32.2. The van der Waals surface area contributed by atoms with Crippen molar-refractivity contribution < 1.29 is 23.8 Å². The van der Waals surface area contributed by atoms with Crippen molar-refractivity contribution in [3.05, 3.63) is 29.8 Å². The van der Waals surface area contributed by atoms with E-state index in [-0.39, 0.29) is 5.97 Å². The van der Waals surface area contributed by atoms with E-state index in [4.69, 9.17) is 4.74 Å². The molecule has 100 valence electrons. The van der Waals surface area contributed by atoms with Crippen LogP contribution < -0.4 is 0 Å². The van der Waals surface area contributed by atoms with E-state index >= 15 is 0 Å². The standard InChI is InChI=1S/C12H16O5S/c1-3-4-9-15-12(13)10-7-5-6-8-11(10)18-17-16-14-2/h5-8H,3-4,9H2,1-2H3. The molecule has 0 atom stereocenters. The molecule has 0 aliphatic carbocycles. The van der Waals surface area contributed by atoms with E-state index in [9.17, 15) is 4.79 Å². The van der Waals surface area contributed by atoms with Crippen LogP contribution in [0.1, 0.15) is 30.1 Å². The van der Waals surface area contributed by atoms with Crippen LogP contribution in [-0.2, 0) is 19.0 Å². The summed E-state index contributed by atoms with van der Waals surface area (Å²) in [6, 6.07) is 6.96. The minimum Gasteiger partial charge on any atom is -0.462 e. The first-order valence-corrected chi connectivity index (χ1v) is 6.34. The molecule has 0 aliphatic heterocycles. The van der Waals surface area contributed by atoms with Crippen LogP contribution in [0.15, 0.2) is 29.2 Å². The van der Waals surface area contributed by atoms with Gasteiger partial charge in [0, 0.05) is 0 Å². The van der Waals surface area contributed by atoms with E-state index in [1.807, 2.05) is 6.92 Å². The lowest BCUT2D eigenvalue weighted by atomic mass is 10.2. The van der Waals surface area contributed by atoms with Gasteiger partial charge < -0.3 is 4.74 Å². The Labute approximate surface area is 110 Å². The van der Waals surface area contributed by atoms with Gasteiger partial charge in [-0.05, 0) is 18.6 Å². The van der Waals surface area contributed by atoms with Crippen molar-refractivity contribution in [3.8, 4) is 0 Å². The van der Waals surface area contributed by atoms with Crippen LogP contribution in [0, 0.1) is 0 Å². The Balaban J connectivity index is 2.59. The minimum atomic E-state index is -0.368. The third-order valence-electron chi connectivity index (χ3n) is 2.06. The molecule has 0 radical (unpaired) electrons. The molecule has 0 amide bonds. The van der Waals surface area contributed by atoms with Crippen molar-refractivity contribution >= 4 is 18.0 Å². The van der Waals surface area contributed by atoms with Crippen LogP contribution >= 0.6 is 12.0 Å². The average molecular weight is 272 g/mol. The zero-order valence-corrected chi connectivity index (χ0v) is 11.2. The van der Waals surface area contributed by atoms with E-state index in [1.54, 1.807) is 24.3 Å². The zero-order chi connectivity index (χ0) is 13.2. The van der Waals surface area contributed by atoms with Crippen LogP contribution in [0.2, 0.25) is 0 Å². The van der Waals surface area contributed by atoms with Gasteiger partial charge in [-0.2, -0.15) is 0 Å². The summed E-state index contributed by atoms with van der Waals surface area (Å²) < 4.78 is 9.81. The highest BCUT2D eigenvalue weighted by molar-refractivity contribution is 7.94. The molecule has 6 heteroatoms. The van der Waals surface area contributed by atoms with E-state index in [1.165, 1.54) is 7.11 Å². The fraction of sp³-hybridized carbons (Fsp3) is 0.417. The van der Waals surface area contributed by atoms with Crippen molar-refractivity contribution in [2.45, 2.75) is 24.7 Å². The number of carbonyl (C=O) groups is 1. The van der Waals surface area contributed by atoms with E-state index in [0.717, 1.165) is 24.9 Å². The second-order valence-electron chi connectivity index (χ2n) is 3.37. The molecule has 0 N–H and O–H groups in total. The number of carbonyl (C=O) groups excluding carboxylic acids is 1. The molecular weight excluding hydrogens is 256 g/mol. The largest absolute Gasteiger partial charge is 0.462 e. The van der Waals surface area contributed by atoms with Crippen molar-refractivity contribution in [1.82, 2.24) is 0 Å². The molecule has 0 spiro atoms. The van der Waals surface area contributed by atoms with Crippen molar-refractivity contribution in [2.24, 2.45) is 0 Å². The van der Waals surface area contributed by atoms with Gasteiger partial charge in [0.2, 0.25) is 0 Å². The fourth-order valence-electron chi connectivity index (χ4n) is 1.17. The summed E-state index contributed by atoms with van der Waals surface area (Å²) in [5.41, 5.74) is 0.443. The Kier molecular flexibility index (Phi) is 7.43. The Bertz CT molecular complexity index is 369. The fourth-order valence-corrected chi connectivity index (χ4v) is 1.71. The van der Waals surface area contributed by atoms with Crippen molar-refractivity contribution in [3.63, 3.8) is 0 Å². The topological polar surface area (TPSA) is 54.0 Å². The first-order valence-electron chi connectivity index (χ1n) is 5.59. The molecule has 0 aliphatic rings. The monoisotopic (exact) mass is 272 g/mol. The Morgan fingerprint density at radius 2 is 2.11 bits per heavy atom. The lowest BCUT2D eigenvalue weighted by molar-refractivity contribution is -0.447. The summed E-state index contributed by atoms with van der Waals surface area (Å²) in [5.74, 6) is -0.368. The van der Waals surface area contributed by atoms with Gasteiger partial charge in [0.1, 0.15) is 0 Å². The summed E-state index contributed by atoms with van der Waals surface area (Å²) in [7, 11) is 1.32. The van der Waals surface area contributed by atoms with Crippen LogP contribution in [0.4, 0.5) is 0 Å². The maximum atomic E-state index is 11.8. The van der Waals surface area contributed by atoms with Gasteiger partial charge in [0.25, 0.3) is 0 Å². The number of ether oxygens (including phenoxy) is 1. The molecule has 0 aromatic heterocycles. The third kappa shape index (κ3) is 5.05. The number of rotatable bonds is 8. The molecule has 0 bridgehead atoms. The highest BCUT2D eigenvalue weighted by Gasteiger charge is 2.13. The first kappa shape index (κ1) is 15.0. The predicted octanol–water partition coefficient (Wildman–Crippen LogP) is 3.16. The van der Waals surface area contributed by atoms with Gasteiger partial charge in [-0.3, -0.25) is 0 Å². The number of unbranched alkanes of at least 4 members (excludes halogenated alkanes) is 1. The van der Waals surface area contributed by atoms with E-state index in [0.29, 0.717) is 17.1 Å². The van der Waals surface area contributed by atoms with E-state index < -0.39 is 0 Å². The predicted molar refractivity (Wildman–Crippen MR) is 66.7 cm³/mol. The SMILES string of the molecule is CCCCOC(=O)c1ccccc1SOOOC. The van der Waals surface area contributed by atoms with Crippen molar-refractivity contribution in [2.75, 3.05) is 13.7 Å². The molecule has 0 saturated heterocycles. The van der Waals surface area contributed by atoms with E-state index in [2.05, 4.69) is 14.3 Å². The maximum Gasteiger partial charge on any atom is 0.339 e. The number of hydrogen-bond acceptors (Lipinski definition) is 6. The Morgan fingerprint density at radius 1 is 1.33 bits per heavy atom. The summed E-state index contributed by atoms with van der Waals surface area (Å²) in [6.45, 7) is 2.46. The molecule has 5 nitrogen and oxygen atoms in total. The molecular formula is C12H16O5S. The molecule has 0 heterocycles. The molecule has 1 aromatic carbocycles. The van der Waals surface area contributed by atoms with Gasteiger partial charge in [-0.15, -0.1) is 4.33 Å². The van der Waals surface area contributed by atoms with Gasteiger partial charge in [-0.1, -0.05) is 30.5 Å². The summed E-state index contributed by atoms with van der Waals surface area (Å²) in [4.78, 5) is 16.7. The molecule has 1 aromatic rings. The van der Waals surface area contributed by atoms with Crippen molar-refractivity contribution in [1.29, 1.82) is 0 Å². The number of esters is 1. The summed E-state index contributed by atoms with van der Waals surface area (Å²) in [5, 5.41) is 4.28. The Hall–Kier alpha value is -1.08. The second kappa shape index (κ2) is 8.93. The summed E-state index contributed by atoms with van der Waals surface area (Å²) >= 11 is 0.891. The lowest BCUT2D eigenvalue weighted by Gasteiger charge is -2.07. The molecule has 0 unspecified atom stereocenters. The van der Waals surface area contributed by atoms with Crippen LogP contribution in [0.25, 0.3) is 0 Å². The minimum absolute atomic E-state index is 0.368. The third-order valence-corrected chi connectivity index (χ3v) is 2.72. The first-order chi connectivity index (χ1) is 8.79. The lowest BCUT2D eigenvalue weighted by Crippen LogP contribution is -2.07. The zero-order valence-electron chi connectivity index (χ0n) is 10.4. The summed E-state index contributed by atoms with van der Waals surface area (Å²) in [6.07, 6.45) is 1.83. The molecule has 1 rings (SSSR count).